The van der Waals surface area contributed by atoms with Crippen LogP contribution in [0.3, 0.4) is 0 Å². The van der Waals surface area contributed by atoms with E-state index in [-0.39, 0.29) is 0 Å². The predicted octanol–water partition coefficient (Wildman–Crippen LogP) is 7.79. The van der Waals surface area contributed by atoms with Crippen LogP contribution >= 0.6 is 0 Å². The zero-order chi connectivity index (χ0) is 23.5. The lowest BCUT2D eigenvalue weighted by molar-refractivity contribution is 1.53. The second-order valence-electron chi connectivity index (χ2n) is 8.42. The number of rotatable bonds is 1. The molecule has 6 aromatic rings. The normalized spacial score (nSPS) is 10.4. The molecule has 0 bridgehead atoms. The molecule has 1 nitrogen and oxygen atoms in total. The van der Waals surface area contributed by atoms with Gasteiger partial charge in [-0.25, -0.2) is 0 Å². The molecule has 0 aliphatic rings. The van der Waals surface area contributed by atoms with Crippen LogP contribution in [0.4, 0.5) is 0 Å². The van der Waals surface area contributed by atoms with Crippen LogP contribution in [-0.2, 0) is 0 Å². The van der Waals surface area contributed by atoms with Gasteiger partial charge in [0.15, 0.2) is 0 Å². The Hall–Kier alpha value is -4.98. The molecule has 5 aromatic carbocycles. The fraction of sp³-hybridized carbons (Fsp3) is 0. The Bertz CT molecular complexity index is 1760. The maximum absolute atomic E-state index is 3.59. The average Bonchev–Trinajstić information content (AvgIpc) is 3.31. The molecule has 0 saturated carbocycles. The van der Waals surface area contributed by atoms with E-state index in [9.17, 15) is 0 Å². The number of fused-ring (bicyclic) bond motifs is 3. The SMILES string of the molecule is C(#Cc1ccc(C#Cc2ccc(-c3cccc4c3[nH]c3ccccc34)cc2)cc1)c1ccccc1. The third kappa shape index (κ3) is 4.32. The molecule has 0 aliphatic heterocycles. The summed E-state index contributed by atoms with van der Waals surface area (Å²) in [5, 5.41) is 2.50. The van der Waals surface area contributed by atoms with E-state index in [0.717, 1.165) is 27.8 Å². The summed E-state index contributed by atoms with van der Waals surface area (Å²) in [6.07, 6.45) is 0. The van der Waals surface area contributed by atoms with Gasteiger partial charge in [-0.2, -0.15) is 0 Å². The van der Waals surface area contributed by atoms with Gasteiger partial charge in [-0.1, -0.05) is 90.4 Å². The third-order valence-corrected chi connectivity index (χ3v) is 6.10. The minimum atomic E-state index is 0.974. The summed E-state index contributed by atoms with van der Waals surface area (Å²) in [6, 6.07) is 41.5. The maximum atomic E-state index is 3.59. The standard InChI is InChI=1S/C34H21N/c1-2-7-25(8-3-1)13-14-26-15-17-27(18-16-26)19-20-28-21-23-29(24-22-28)30-10-6-11-32-31-9-4-5-12-33(31)35-34(30)32/h1-12,15-18,21-24,35H. The van der Waals surface area contributed by atoms with Crippen LogP contribution < -0.4 is 0 Å². The monoisotopic (exact) mass is 443 g/mol. The minimum absolute atomic E-state index is 0.974. The van der Waals surface area contributed by atoms with Crippen molar-refractivity contribution in [2.45, 2.75) is 0 Å². The topological polar surface area (TPSA) is 15.8 Å². The summed E-state index contributed by atoms with van der Waals surface area (Å²) in [7, 11) is 0. The summed E-state index contributed by atoms with van der Waals surface area (Å²) in [4.78, 5) is 3.59. The van der Waals surface area contributed by atoms with E-state index >= 15 is 0 Å². The van der Waals surface area contributed by atoms with Crippen molar-refractivity contribution in [3.63, 3.8) is 0 Å². The fourth-order valence-corrected chi connectivity index (χ4v) is 4.29. The highest BCUT2D eigenvalue weighted by molar-refractivity contribution is 6.11. The van der Waals surface area contributed by atoms with Gasteiger partial charge >= 0.3 is 0 Å². The van der Waals surface area contributed by atoms with Gasteiger partial charge in [-0.3, -0.25) is 0 Å². The first-order valence-corrected chi connectivity index (χ1v) is 11.6. The molecule has 0 unspecified atom stereocenters. The lowest BCUT2D eigenvalue weighted by atomic mass is 10.0. The van der Waals surface area contributed by atoms with E-state index in [0.29, 0.717) is 0 Å². The molecule has 0 aliphatic carbocycles. The van der Waals surface area contributed by atoms with Gasteiger partial charge in [0.1, 0.15) is 0 Å². The van der Waals surface area contributed by atoms with Crippen molar-refractivity contribution < 1.29 is 0 Å². The van der Waals surface area contributed by atoms with Crippen molar-refractivity contribution in [1.82, 2.24) is 4.98 Å². The van der Waals surface area contributed by atoms with Crippen molar-refractivity contribution in [3.05, 3.63) is 144 Å². The summed E-state index contributed by atoms with van der Waals surface area (Å²) in [6.45, 7) is 0. The Morgan fingerprint density at radius 3 is 1.57 bits per heavy atom. The van der Waals surface area contributed by atoms with E-state index in [2.05, 4.69) is 95.4 Å². The van der Waals surface area contributed by atoms with E-state index in [1.54, 1.807) is 0 Å². The molecule has 1 aromatic heterocycles. The maximum Gasteiger partial charge on any atom is 0.0544 e. The molecular formula is C34H21N. The van der Waals surface area contributed by atoms with Crippen molar-refractivity contribution in [1.29, 1.82) is 0 Å². The Kier molecular flexibility index (Phi) is 5.36. The summed E-state index contributed by atoms with van der Waals surface area (Å²) >= 11 is 0. The predicted molar refractivity (Wildman–Crippen MR) is 146 cm³/mol. The van der Waals surface area contributed by atoms with E-state index in [4.69, 9.17) is 0 Å². The Morgan fingerprint density at radius 2 is 0.914 bits per heavy atom. The molecule has 0 saturated heterocycles. The highest BCUT2D eigenvalue weighted by atomic mass is 14.7. The van der Waals surface area contributed by atoms with Crippen LogP contribution in [0.25, 0.3) is 32.9 Å². The molecule has 1 heteroatoms. The Balaban J connectivity index is 1.22. The number of H-pyrrole nitrogens is 1. The molecule has 1 heterocycles. The van der Waals surface area contributed by atoms with E-state index < -0.39 is 0 Å². The van der Waals surface area contributed by atoms with Crippen LogP contribution in [0.15, 0.2) is 121 Å². The number of hydrogen-bond acceptors (Lipinski definition) is 0. The molecule has 0 atom stereocenters. The quantitative estimate of drug-likeness (QED) is 0.250. The van der Waals surface area contributed by atoms with Gasteiger partial charge in [0.25, 0.3) is 0 Å². The summed E-state index contributed by atoms with van der Waals surface area (Å²) in [5.41, 5.74) is 8.67. The van der Waals surface area contributed by atoms with Gasteiger partial charge in [0.05, 0.1) is 5.52 Å². The Morgan fingerprint density at radius 1 is 0.400 bits per heavy atom. The van der Waals surface area contributed by atoms with Crippen LogP contribution in [0.2, 0.25) is 0 Å². The molecule has 35 heavy (non-hydrogen) atoms. The first kappa shape index (κ1) is 20.6. The molecule has 6 rings (SSSR count). The minimum Gasteiger partial charge on any atom is -0.354 e. The summed E-state index contributed by atoms with van der Waals surface area (Å²) in [5.74, 6) is 12.9. The highest BCUT2D eigenvalue weighted by Gasteiger charge is 2.09. The molecular weight excluding hydrogens is 422 g/mol. The van der Waals surface area contributed by atoms with Crippen molar-refractivity contribution in [3.8, 4) is 34.8 Å². The van der Waals surface area contributed by atoms with E-state index in [1.165, 1.54) is 27.4 Å². The van der Waals surface area contributed by atoms with Crippen molar-refractivity contribution in [2.75, 3.05) is 0 Å². The third-order valence-electron chi connectivity index (χ3n) is 6.10. The van der Waals surface area contributed by atoms with Crippen LogP contribution in [-0.4, -0.2) is 4.98 Å². The first-order chi connectivity index (χ1) is 17.3. The molecule has 0 amide bonds. The average molecular weight is 444 g/mol. The van der Waals surface area contributed by atoms with Crippen LogP contribution in [0.5, 0.6) is 0 Å². The lowest BCUT2D eigenvalue weighted by Gasteiger charge is -2.04. The van der Waals surface area contributed by atoms with Crippen LogP contribution in [0.1, 0.15) is 22.3 Å². The molecule has 0 spiro atoms. The second-order valence-corrected chi connectivity index (χ2v) is 8.42. The second kappa shape index (κ2) is 9.11. The fourth-order valence-electron chi connectivity index (χ4n) is 4.29. The van der Waals surface area contributed by atoms with Gasteiger partial charge in [-0.15, -0.1) is 0 Å². The first-order valence-electron chi connectivity index (χ1n) is 11.6. The molecule has 0 radical (unpaired) electrons. The smallest absolute Gasteiger partial charge is 0.0544 e. The zero-order valence-electron chi connectivity index (χ0n) is 19.0. The van der Waals surface area contributed by atoms with Gasteiger partial charge in [0.2, 0.25) is 0 Å². The lowest BCUT2D eigenvalue weighted by Crippen LogP contribution is -1.82. The molecule has 1 N–H and O–H groups in total. The van der Waals surface area contributed by atoms with Crippen LogP contribution in [0, 0.1) is 23.7 Å². The zero-order valence-corrected chi connectivity index (χ0v) is 19.0. The largest absolute Gasteiger partial charge is 0.354 e. The van der Waals surface area contributed by atoms with Gasteiger partial charge in [0, 0.05) is 44.1 Å². The number of aromatic nitrogens is 1. The van der Waals surface area contributed by atoms with Crippen molar-refractivity contribution in [2.24, 2.45) is 0 Å². The van der Waals surface area contributed by atoms with Crippen molar-refractivity contribution >= 4 is 21.8 Å². The highest BCUT2D eigenvalue weighted by Crippen LogP contribution is 2.33. The summed E-state index contributed by atoms with van der Waals surface area (Å²) < 4.78 is 0. The number of para-hydroxylation sites is 2. The number of aromatic amines is 1. The number of benzene rings is 5. The number of hydrogen-bond donors (Lipinski definition) is 1. The number of nitrogens with one attached hydrogen (secondary N) is 1. The molecule has 162 valence electrons. The molecule has 0 fully saturated rings. The van der Waals surface area contributed by atoms with E-state index in [1.807, 2.05) is 54.6 Å². The van der Waals surface area contributed by atoms with Gasteiger partial charge < -0.3 is 4.98 Å². The van der Waals surface area contributed by atoms with Gasteiger partial charge in [-0.05, 0) is 60.2 Å². The Labute approximate surface area is 205 Å².